The van der Waals surface area contributed by atoms with Gasteiger partial charge in [-0.25, -0.2) is 0 Å². The molecule has 1 N–H and O–H groups in total. The summed E-state index contributed by atoms with van der Waals surface area (Å²) in [7, 11) is 0. The number of hydrogen-bond donors (Lipinski definition) is 1. The van der Waals surface area contributed by atoms with Crippen LogP contribution in [0, 0.1) is 6.61 Å². The first kappa shape index (κ1) is 13.6. The van der Waals surface area contributed by atoms with Crippen LogP contribution in [0.2, 0.25) is 0 Å². The lowest BCUT2D eigenvalue weighted by molar-refractivity contribution is -0.000261. The largest absolute Gasteiger partial charge is 0.388 e. The monoisotopic (exact) mass is 201 g/mol. The molecule has 0 aromatic heterocycles. The Morgan fingerprint density at radius 2 is 2.21 bits per heavy atom. The van der Waals surface area contributed by atoms with Gasteiger partial charge in [-0.3, -0.25) is 0 Å². The normalized spacial score (nSPS) is 12.8. The average Bonchev–Trinajstić information content (AvgIpc) is 2.12. The van der Waals surface area contributed by atoms with E-state index in [0.717, 1.165) is 18.4 Å². The zero-order valence-corrected chi connectivity index (χ0v) is 9.16. The van der Waals surface area contributed by atoms with Crippen molar-refractivity contribution in [3.05, 3.63) is 18.8 Å². The van der Waals surface area contributed by atoms with E-state index in [9.17, 15) is 5.11 Å². The van der Waals surface area contributed by atoms with E-state index in [0.29, 0.717) is 19.8 Å². The molecule has 0 aliphatic heterocycles. The SMILES string of the molecule is C=C(C)COCC(O)CO[CH]CCC. The fourth-order valence-corrected chi connectivity index (χ4v) is 0.798. The molecule has 0 saturated carbocycles. The number of unbranched alkanes of at least 4 members (excludes halogenated alkanes) is 1. The second-order valence-corrected chi connectivity index (χ2v) is 3.41. The van der Waals surface area contributed by atoms with Gasteiger partial charge >= 0.3 is 0 Å². The summed E-state index contributed by atoms with van der Waals surface area (Å²) in [6, 6.07) is 0. The highest BCUT2D eigenvalue weighted by Crippen LogP contribution is 1.97. The van der Waals surface area contributed by atoms with Gasteiger partial charge in [0.15, 0.2) is 0 Å². The van der Waals surface area contributed by atoms with Crippen LogP contribution in [0.15, 0.2) is 12.2 Å². The lowest BCUT2D eigenvalue weighted by Crippen LogP contribution is -2.21. The molecule has 0 aliphatic carbocycles. The molecule has 0 amide bonds. The van der Waals surface area contributed by atoms with Crippen LogP contribution in [-0.4, -0.2) is 31.0 Å². The van der Waals surface area contributed by atoms with E-state index >= 15 is 0 Å². The van der Waals surface area contributed by atoms with Crippen LogP contribution in [0.4, 0.5) is 0 Å². The zero-order valence-electron chi connectivity index (χ0n) is 9.16. The Bertz CT molecular complexity index is 145. The van der Waals surface area contributed by atoms with Crippen molar-refractivity contribution in [3.8, 4) is 0 Å². The maximum Gasteiger partial charge on any atom is 0.101 e. The Kier molecular flexibility index (Phi) is 8.94. The van der Waals surface area contributed by atoms with Crippen molar-refractivity contribution in [1.82, 2.24) is 0 Å². The molecule has 0 fully saturated rings. The van der Waals surface area contributed by atoms with Crippen LogP contribution in [0.25, 0.3) is 0 Å². The number of ether oxygens (including phenoxy) is 2. The van der Waals surface area contributed by atoms with E-state index in [2.05, 4.69) is 13.5 Å². The maximum atomic E-state index is 9.36. The first-order chi connectivity index (χ1) is 6.66. The van der Waals surface area contributed by atoms with Gasteiger partial charge in [0.1, 0.15) is 6.10 Å². The van der Waals surface area contributed by atoms with Crippen LogP contribution in [0.3, 0.4) is 0 Å². The minimum atomic E-state index is -0.553. The highest BCUT2D eigenvalue weighted by Gasteiger charge is 2.03. The van der Waals surface area contributed by atoms with Crippen molar-refractivity contribution in [2.75, 3.05) is 19.8 Å². The van der Waals surface area contributed by atoms with Gasteiger partial charge < -0.3 is 14.6 Å². The van der Waals surface area contributed by atoms with Gasteiger partial charge in [-0.2, -0.15) is 0 Å². The Labute approximate surface area is 86.7 Å². The zero-order chi connectivity index (χ0) is 10.8. The van der Waals surface area contributed by atoms with Crippen molar-refractivity contribution in [2.45, 2.75) is 32.8 Å². The van der Waals surface area contributed by atoms with E-state index in [-0.39, 0.29) is 0 Å². The second kappa shape index (κ2) is 9.19. The van der Waals surface area contributed by atoms with E-state index in [1.807, 2.05) is 6.92 Å². The van der Waals surface area contributed by atoms with Gasteiger partial charge in [0.25, 0.3) is 0 Å². The van der Waals surface area contributed by atoms with Crippen LogP contribution in [0.1, 0.15) is 26.7 Å². The standard InChI is InChI=1S/C11H21O3/c1-4-5-6-13-8-11(12)9-14-7-10(2)3/h6,11-12H,2,4-5,7-9H2,1,3H3. The maximum absolute atomic E-state index is 9.36. The molecule has 0 spiro atoms. The summed E-state index contributed by atoms with van der Waals surface area (Å²) in [5, 5.41) is 9.36. The highest BCUT2D eigenvalue weighted by atomic mass is 16.5. The van der Waals surface area contributed by atoms with Crippen molar-refractivity contribution < 1.29 is 14.6 Å². The molecular weight excluding hydrogens is 180 g/mol. The molecular formula is C11H21O3. The van der Waals surface area contributed by atoms with Gasteiger partial charge in [0, 0.05) is 0 Å². The van der Waals surface area contributed by atoms with Crippen LogP contribution < -0.4 is 0 Å². The summed E-state index contributed by atoms with van der Waals surface area (Å²) in [4.78, 5) is 0. The molecule has 0 heterocycles. The summed E-state index contributed by atoms with van der Waals surface area (Å²) in [5.74, 6) is 0. The van der Waals surface area contributed by atoms with Gasteiger partial charge in [-0.1, -0.05) is 25.5 Å². The molecule has 1 radical (unpaired) electrons. The summed E-state index contributed by atoms with van der Waals surface area (Å²) < 4.78 is 10.3. The molecule has 0 bridgehead atoms. The van der Waals surface area contributed by atoms with Gasteiger partial charge in [0.05, 0.1) is 26.4 Å². The lowest BCUT2D eigenvalue weighted by atomic mass is 10.3. The van der Waals surface area contributed by atoms with Crippen LogP contribution in [-0.2, 0) is 9.47 Å². The fraction of sp³-hybridized carbons (Fsp3) is 0.727. The molecule has 83 valence electrons. The predicted molar refractivity (Wildman–Crippen MR) is 56.8 cm³/mol. The Balaban J connectivity index is 3.19. The third kappa shape index (κ3) is 9.71. The quantitative estimate of drug-likeness (QED) is 0.457. The van der Waals surface area contributed by atoms with E-state index in [4.69, 9.17) is 9.47 Å². The molecule has 0 aromatic rings. The van der Waals surface area contributed by atoms with E-state index in [1.165, 1.54) is 0 Å². The van der Waals surface area contributed by atoms with Crippen molar-refractivity contribution in [3.63, 3.8) is 0 Å². The molecule has 1 atom stereocenters. The average molecular weight is 201 g/mol. The van der Waals surface area contributed by atoms with Crippen molar-refractivity contribution in [1.29, 1.82) is 0 Å². The first-order valence-corrected chi connectivity index (χ1v) is 5.00. The topological polar surface area (TPSA) is 38.7 Å². The summed E-state index contributed by atoms with van der Waals surface area (Å²) in [5.41, 5.74) is 0.954. The first-order valence-electron chi connectivity index (χ1n) is 5.00. The molecule has 0 aliphatic rings. The summed E-state index contributed by atoms with van der Waals surface area (Å²) in [6.45, 7) is 10.5. The van der Waals surface area contributed by atoms with Gasteiger partial charge in [-0.15, -0.1) is 0 Å². The summed E-state index contributed by atoms with van der Waals surface area (Å²) in [6.07, 6.45) is 1.42. The molecule has 0 rings (SSSR count). The fourth-order valence-electron chi connectivity index (χ4n) is 0.798. The second-order valence-electron chi connectivity index (χ2n) is 3.41. The Hall–Kier alpha value is -0.380. The highest BCUT2D eigenvalue weighted by molar-refractivity contribution is 4.87. The molecule has 0 aromatic carbocycles. The predicted octanol–water partition coefficient (Wildman–Crippen LogP) is 1.92. The lowest BCUT2D eigenvalue weighted by Gasteiger charge is -2.11. The Morgan fingerprint density at radius 1 is 1.50 bits per heavy atom. The molecule has 0 saturated heterocycles. The molecule has 3 nitrogen and oxygen atoms in total. The molecule has 1 unspecified atom stereocenters. The molecule has 3 heteroatoms. The van der Waals surface area contributed by atoms with Crippen molar-refractivity contribution >= 4 is 0 Å². The minimum absolute atomic E-state index is 0.298. The Morgan fingerprint density at radius 3 is 2.79 bits per heavy atom. The van der Waals surface area contributed by atoms with E-state index < -0.39 is 6.10 Å². The van der Waals surface area contributed by atoms with Gasteiger partial charge in [-0.05, 0) is 13.3 Å². The summed E-state index contributed by atoms with van der Waals surface area (Å²) >= 11 is 0. The number of rotatable bonds is 9. The number of aliphatic hydroxyl groups is 1. The minimum Gasteiger partial charge on any atom is -0.388 e. The van der Waals surface area contributed by atoms with Crippen molar-refractivity contribution in [2.24, 2.45) is 0 Å². The van der Waals surface area contributed by atoms with Crippen LogP contribution in [0.5, 0.6) is 0 Å². The number of aliphatic hydroxyl groups excluding tert-OH is 1. The third-order valence-corrected chi connectivity index (χ3v) is 1.47. The molecule has 14 heavy (non-hydrogen) atoms. The smallest absolute Gasteiger partial charge is 0.101 e. The van der Waals surface area contributed by atoms with Crippen LogP contribution >= 0.6 is 0 Å². The number of hydrogen-bond acceptors (Lipinski definition) is 3. The third-order valence-electron chi connectivity index (χ3n) is 1.47. The van der Waals surface area contributed by atoms with Gasteiger partial charge in [0.2, 0.25) is 0 Å². The van der Waals surface area contributed by atoms with E-state index in [1.54, 1.807) is 6.61 Å².